The summed E-state index contributed by atoms with van der Waals surface area (Å²) in [5, 5.41) is 10.00. The summed E-state index contributed by atoms with van der Waals surface area (Å²) in [6, 6.07) is 15.2. The van der Waals surface area contributed by atoms with Gasteiger partial charge in [0.1, 0.15) is 24.4 Å². The number of para-hydroxylation sites is 1. The summed E-state index contributed by atoms with van der Waals surface area (Å²) in [7, 11) is 4.60. The van der Waals surface area contributed by atoms with Crippen LogP contribution in [0.2, 0.25) is 0 Å². The molecule has 0 saturated carbocycles. The van der Waals surface area contributed by atoms with E-state index >= 15 is 0 Å². The van der Waals surface area contributed by atoms with Crippen molar-refractivity contribution in [2.45, 2.75) is 13.2 Å². The molecule has 4 aromatic rings. The summed E-state index contributed by atoms with van der Waals surface area (Å²) in [5.74, 6) is 2.34. The molecule has 168 valence electrons. The number of methoxy groups -OCH3 is 1. The molecule has 1 amide bonds. The molecule has 0 spiro atoms. The van der Waals surface area contributed by atoms with Crippen LogP contribution >= 0.6 is 0 Å². The standard InChI is InChI=1S/C23H22N6O4/c1-27(32-3)23(30)21-19-12-28-20(13-33-15-7-5-4-6-8-15)25-26-22(28)17-11-16(31-2)9-10-18(17)29(19)14-24-21/h4-11,14H,12-13H2,1-3H3. The molecule has 1 aliphatic rings. The van der Waals surface area contributed by atoms with Crippen LogP contribution in [0.4, 0.5) is 0 Å². The molecule has 2 aromatic heterocycles. The second-order valence-electron chi connectivity index (χ2n) is 7.41. The van der Waals surface area contributed by atoms with Gasteiger partial charge < -0.3 is 14.0 Å². The molecule has 2 aromatic carbocycles. The van der Waals surface area contributed by atoms with Crippen LogP contribution in [-0.4, -0.2) is 56.6 Å². The Morgan fingerprint density at radius 1 is 1.09 bits per heavy atom. The van der Waals surface area contributed by atoms with Crippen LogP contribution in [0.15, 0.2) is 54.9 Å². The molecule has 0 atom stereocenters. The number of hydrogen-bond acceptors (Lipinski definition) is 7. The van der Waals surface area contributed by atoms with Crippen molar-refractivity contribution >= 4 is 5.91 Å². The SMILES string of the molecule is COc1ccc2c(c1)-c1nnc(COc3ccccc3)n1Cc1c(C(=O)N(C)OC)ncn1-2. The monoisotopic (exact) mass is 446 g/mol. The Morgan fingerprint density at radius 2 is 1.91 bits per heavy atom. The summed E-state index contributed by atoms with van der Waals surface area (Å²) >= 11 is 0. The van der Waals surface area contributed by atoms with Gasteiger partial charge in [-0.3, -0.25) is 14.2 Å². The minimum atomic E-state index is -0.347. The van der Waals surface area contributed by atoms with E-state index in [0.29, 0.717) is 29.6 Å². The van der Waals surface area contributed by atoms with Crippen molar-refractivity contribution in [3.05, 3.63) is 72.1 Å². The van der Waals surface area contributed by atoms with Gasteiger partial charge >= 0.3 is 0 Å². The van der Waals surface area contributed by atoms with E-state index in [1.807, 2.05) is 57.7 Å². The highest BCUT2D eigenvalue weighted by molar-refractivity contribution is 5.93. The van der Waals surface area contributed by atoms with Crippen LogP contribution < -0.4 is 9.47 Å². The number of benzene rings is 2. The van der Waals surface area contributed by atoms with E-state index in [0.717, 1.165) is 22.1 Å². The third-order valence-corrected chi connectivity index (χ3v) is 5.58. The summed E-state index contributed by atoms with van der Waals surface area (Å²) in [6.07, 6.45) is 1.64. The molecule has 10 nitrogen and oxygen atoms in total. The Hall–Kier alpha value is -4.18. The number of nitrogens with zero attached hydrogens (tertiary/aromatic N) is 6. The largest absolute Gasteiger partial charge is 0.497 e. The maximum absolute atomic E-state index is 12.9. The molecule has 1 aliphatic heterocycles. The molecule has 0 saturated heterocycles. The zero-order chi connectivity index (χ0) is 22.9. The molecule has 33 heavy (non-hydrogen) atoms. The van der Waals surface area contributed by atoms with Crippen LogP contribution in [0, 0.1) is 0 Å². The third-order valence-electron chi connectivity index (χ3n) is 5.58. The van der Waals surface area contributed by atoms with Gasteiger partial charge in [0.2, 0.25) is 0 Å². The number of hydroxylamine groups is 2. The molecule has 0 aliphatic carbocycles. The van der Waals surface area contributed by atoms with E-state index in [9.17, 15) is 4.79 Å². The normalized spacial score (nSPS) is 11.7. The first-order valence-corrected chi connectivity index (χ1v) is 10.3. The van der Waals surface area contributed by atoms with Gasteiger partial charge in [-0.2, -0.15) is 0 Å². The van der Waals surface area contributed by atoms with Gasteiger partial charge in [-0.15, -0.1) is 10.2 Å². The number of hydrogen-bond donors (Lipinski definition) is 0. The molecule has 0 unspecified atom stereocenters. The lowest BCUT2D eigenvalue weighted by atomic mass is 10.1. The zero-order valence-electron chi connectivity index (χ0n) is 18.4. The Labute approximate surface area is 189 Å². The average molecular weight is 446 g/mol. The van der Waals surface area contributed by atoms with Gasteiger partial charge in [0, 0.05) is 12.6 Å². The Kier molecular flexibility index (Phi) is 5.27. The van der Waals surface area contributed by atoms with E-state index in [2.05, 4.69) is 15.2 Å². The van der Waals surface area contributed by atoms with Crippen molar-refractivity contribution in [1.29, 1.82) is 0 Å². The van der Waals surface area contributed by atoms with E-state index in [1.54, 1.807) is 20.5 Å². The van der Waals surface area contributed by atoms with Crippen LogP contribution in [0.3, 0.4) is 0 Å². The molecule has 0 N–H and O–H groups in total. The van der Waals surface area contributed by atoms with Crippen molar-refractivity contribution in [1.82, 2.24) is 29.4 Å². The van der Waals surface area contributed by atoms with Crippen molar-refractivity contribution in [2.75, 3.05) is 21.3 Å². The lowest BCUT2D eigenvalue weighted by Crippen LogP contribution is -2.27. The highest BCUT2D eigenvalue weighted by atomic mass is 16.7. The maximum Gasteiger partial charge on any atom is 0.297 e. The smallest absolute Gasteiger partial charge is 0.297 e. The second kappa shape index (κ2) is 8.40. The van der Waals surface area contributed by atoms with Crippen molar-refractivity contribution in [3.63, 3.8) is 0 Å². The first kappa shape index (κ1) is 20.7. The van der Waals surface area contributed by atoms with Gasteiger partial charge in [-0.05, 0) is 30.3 Å². The summed E-state index contributed by atoms with van der Waals surface area (Å²) in [5.41, 5.74) is 2.61. The Bertz CT molecular complexity index is 1310. The molecule has 0 radical (unpaired) electrons. The number of fused-ring (bicyclic) bond motifs is 5. The fourth-order valence-electron chi connectivity index (χ4n) is 3.80. The van der Waals surface area contributed by atoms with Gasteiger partial charge in [0.05, 0.1) is 32.1 Å². The summed E-state index contributed by atoms with van der Waals surface area (Å²) in [6.45, 7) is 0.539. The number of carbonyl (C=O) groups is 1. The van der Waals surface area contributed by atoms with E-state index in [-0.39, 0.29) is 18.2 Å². The van der Waals surface area contributed by atoms with Crippen molar-refractivity contribution < 1.29 is 19.1 Å². The molecular formula is C23H22N6O4. The Balaban J connectivity index is 1.63. The fraction of sp³-hybridized carbons (Fsp3) is 0.217. The number of ether oxygens (including phenoxy) is 2. The molecule has 10 heteroatoms. The number of aromatic nitrogens is 5. The molecule has 5 rings (SSSR count). The van der Waals surface area contributed by atoms with Crippen molar-refractivity contribution in [2.24, 2.45) is 0 Å². The fourth-order valence-corrected chi connectivity index (χ4v) is 3.80. The quantitative estimate of drug-likeness (QED) is 0.370. The second-order valence-corrected chi connectivity index (χ2v) is 7.41. The van der Waals surface area contributed by atoms with Crippen LogP contribution in [0.5, 0.6) is 11.5 Å². The molecule has 3 heterocycles. The average Bonchev–Trinajstić information content (AvgIpc) is 3.43. The van der Waals surface area contributed by atoms with Crippen LogP contribution in [0.25, 0.3) is 17.1 Å². The lowest BCUT2D eigenvalue weighted by molar-refractivity contribution is -0.0761. The van der Waals surface area contributed by atoms with Crippen LogP contribution in [-0.2, 0) is 18.0 Å². The lowest BCUT2D eigenvalue weighted by Gasteiger charge is -2.14. The summed E-state index contributed by atoms with van der Waals surface area (Å²) < 4.78 is 15.2. The number of rotatable bonds is 6. The first-order valence-electron chi connectivity index (χ1n) is 10.3. The predicted molar refractivity (Wildman–Crippen MR) is 118 cm³/mol. The number of carbonyl (C=O) groups excluding carboxylic acids is 1. The third kappa shape index (κ3) is 3.60. The Morgan fingerprint density at radius 3 is 2.67 bits per heavy atom. The van der Waals surface area contributed by atoms with E-state index in [1.165, 1.54) is 7.11 Å². The zero-order valence-corrected chi connectivity index (χ0v) is 18.4. The molecule has 0 fully saturated rings. The van der Waals surface area contributed by atoms with Gasteiger partial charge in [0.15, 0.2) is 17.3 Å². The first-order chi connectivity index (χ1) is 16.1. The van der Waals surface area contributed by atoms with Gasteiger partial charge in [0.25, 0.3) is 5.91 Å². The summed E-state index contributed by atoms with van der Waals surface area (Å²) in [4.78, 5) is 22.4. The van der Waals surface area contributed by atoms with E-state index < -0.39 is 0 Å². The minimum Gasteiger partial charge on any atom is -0.497 e. The molecular weight excluding hydrogens is 424 g/mol. The van der Waals surface area contributed by atoms with Gasteiger partial charge in [-0.25, -0.2) is 10.0 Å². The number of amides is 1. The molecule has 0 bridgehead atoms. The predicted octanol–water partition coefficient (Wildman–Crippen LogP) is 2.71. The van der Waals surface area contributed by atoms with Gasteiger partial charge in [-0.1, -0.05) is 18.2 Å². The highest BCUT2D eigenvalue weighted by Gasteiger charge is 2.29. The maximum atomic E-state index is 12.9. The van der Waals surface area contributed by atoms with Crippen molar-refractivity contribution in [3.8, 4) is 28.6 Å². The van der Waals surface area contributed by atoms with E-state index in [4.69, 9.17) is 14.3 Å². The minimum absolute atomic E-state index is 0.214. The topological polar surface area (TPSA) is 96.5 Å². The number of imidazole rings is 1. The highest BCUT2D eigenvalue weighted by Crippen LogP contribution is 2.35. The van der Waals surface area contributed by atoms with Crippen LogP contribution in [0.1, 0.15) is 22.0 Å².